The van der Waals surface area contributed by atoms with Gasteiger partial charge in [0.15, 0.2) is 0 Å². The molecule has 5 nitrogen and oxygen atoms in total. The van der Waals surface area contributed by atoms with Crippen LogP contribution in [0.3, 0.4) is 0 Å². The van der Waals surface area contributed by atoms with Gasteiger partial charge in [-0.05, 0) is 42.8 Å². The van der Waals surface area contributed by atoms with Crippen molar-refractivity contribution in [2.45, 2.75) is 18.8 Å². The maximum Gasteiger partial charge on any atom is 0.416 e. The molecule has 3 rings (SSSR count). The van der Waals surface area contributed by atoms with Crippen LogP contribution in [0.4, 0.5) is 37.7 Å². The minimum absolute atomic E-state index is 0.0680. The van der Waals surface area contributed by atoms with Crippen LogP contribution in [0.1, 0.15) is 27.9 Å². The van der Waals surface area contributed by atoms with Crippen molar-refractivity contribution < 1.29 is 39.6 Å². The monoisotopic (exact) mass is 486 g/mol. The summed E-state index contributed by atoms with van der Waals surface area (Å²) in [5.41, 5.74) is -4.15. The molecule has 0 bridgehead atoms. The van der Waals surface area contributed by atoms with Crippen molar-refractivity contribution >= 4 is 38.9 Å². The Hall–Kier alpha value is -2.47. The molecule has 0 unspecified atom stereocenters. The number of sulfonamides is 1. The number of carbonyl (C=O) groups excluding carboxylic acids is 1. The molecule has 1 aliphatic heterocycles. The maximum absolute atomic E-state index is 13.0. The van der Waals surface area contributed by atoms with Gasteiger partial charge in [-0.2, -0.15) is 26.3 Å². The highest BCUT2D eigenvalue weighted by Gasteiger charge is 2.37. The first kappa shape index (κ1) is 23.2. The summed E-state index contributed by atoms with van der Waals surface area (Å²) in [5.74, 6) is -1.20. The Balaban J connectivity index is 1.97. The number of nitrogens with zero attached hydrogens (tertiary/aromatic N) is 1. The van der Waals surface area contributed by atoms with E-state index >= 15 is 0 Å². The molecule has 0 aromatic heterocycles. The van der Waals surface area contributed by atoms with Gasteiger partial charge in [-0.15, -0.1) is 0 Å². The molecular formula is C18H13ClF6N2O3S. The summed E-state index contributed by atoms with van der Waals surface area (Å²) < 4.78 is 103. The van der Waals surface area contributed by atoms with Gasteiger partial charge >= 0.3 is 12.4 Å². The van der Waals surface area contributed by atoms with Crippen molar-refractivity contribution in [2.75, 3.05) is 21.9 Å². The normalized spacial score (nSPS) is 16.4. The lowest BCUT2D eigenvalue weighted by Crippen LogP contribution is -2.25. The van der Waals surface area contributed by atoms with Gasteiger partial charge in [-0.25, -0.2) is 8.42 Å². The van der Waals surface area contributed by atoms with Gasteiger partial charge in [0.2, 0.25) is 10.0 Å². The first-order chi connectivity index (χ1) is 14.2. The van der Waals surface area contributed by atoms with Crippen LogP contribution < -0.4 is 9.62 Å². The van der Waals surface area contributed by atoms with Gasteiger partial charge in [0.25, 0.3) is 5.91 Å². The van der Waals surface area contributed by atoms with E-state index < -0.39 is 45.1 Å². The van der Waals surface area contributed by atoms with Crippen molar-refractivity contribution in [1.29, 1.82) is 0 Å². The number of nitrogens with one attached hydrogen (secondary N) is 1. The highest BCUT2D eigenvalue weighted by Crippen LogP contribution is 2.38. The summed E-state index contributed by atoms with van der Waals surface area (Å²) in [6.45, 7) is 0.160. The molecule has 1 fully saturated rings. The molecule has 0 spiro atoms. The summed E-state index contributed by atoms with van der Waals surface area (Å²) in [7, 11) is -3.59. The van der Waals surface area contributed by atoms with Crippen LogP contribution in [-0.4, -0.2) is 26.6 Å². The number of halogens is 7. The Kier molecular flexibility index (Phi) is 5.91. The molecule has 0 saturated carbocycles. The van der Waals surface area contributed by atoms with E-state index in [9.17, 15) is 39.6 Å². The largest absolute Gasteiger partial charge is 0.416 e. The van der Waals surface area contributed by atoms with E-state index in [1.54, 1.807) is 0 Å². The molecule has 0 radical (unpaired) electrons. The number of alkyl halides is 6. The molecule has 0 aliphatic carbocycles. The standard InChI is InChI=1S/C18H13ClF6N2O3S/c19-15-3-2-13(27-4-1-5-31(27,29)30)9-14(15)16(28)26-12-7-10(17(20,21)22)6-11(8-12)18(23,24)25/h2-3,6-9H,1,4-5H2,(H,26,28). The molecule has 0 atom stereocenters. The molecule has 1 aliphatic rings. The zero-order chi connectivity index (χ0) is 23.2. The minimum atomic E-state index is -5.08. The average molecular weight is 487 g/mol. The second kappa shape index (κ2) is 7.90. The lowest BCUT2D eigenvalue weighted by Gasteiger charge is -2.18. The van der Waals surface area contributed by atoms with E-state index in [1.165, 1.54) is 12.1 Å². The van der Waals surface area contributed by atoms with Crippen molar-refractivity contribution in [3.05, 3.63) is 58.1 Å². The summed E-state index contributed by atoms with van der Waals surface area (Å²) in [5, 5.41) is 1.81. The van der Waals surface area contributed by atoms with E-state index in [0.29, 0.717) is 18.6 Å². The van der Waals surface area contributed by atoms with Crippen molar-refractivity contribution in [2.24, 2.45) is 0 Å². The summed E-state index contributed by atoms with van der Waals surface area (Å²) >= 11 is 5.95. The van der Waals surface area contributed by atoms with Crippen LogP contribution in [0.5, 0.6) is 0 Å². The second-order valence-electron chi connectivity index (χ2n) is 6.65. The quantitative estimate of drug-likeness (QED) is 0.609. The number of hydrogen-bond donors (Lipinski definition) is 1. The van der Waals surface area contributed by atoms with E-state index in [1.807, 2.05) is 5.32 Å². The molecule has 2 aromatic carbocycles. The predicted octanol–water partition coefficient (Wildman–Crippen LogP) is 5.17. The summed E-state index contributed by atoms with van der Waals surface area (Å²) in [6, 6.07) is 4.31. The van der Waals surface area contributed by atoms with Crippen LogP contribution in [0.15, 0.2) is 36.4 Å². The average Bonchev–Trinajstić information content (AvgIpc) is 2.99. The molecule has 1 heterocycles. The van der Waals surface area contributed by atoms with Crippen LogP contribution >= 0.6 is 11.6 Å². The number of benzene rings is 2. The molecule has 31 heavy (non-hydrogen) atoms. The third-order valence-corrected chi connectivity index (χ3v) is 6.63. The number of carbonyl (C=O) groups is 1. The Bertz CT molecular complexity index is 1100. The summed E-state index contributed by atoms with van der Waals surface area (Å²) in [6.07, 6.45) is -9.80. The van der Waals surface area contributed by atoms with Gasteiger partial charge in [0.05, 0.1) is 33.2 Å². The first-order valence-corrected chi connectivity index (χ1v) is 10.6. The van der Waals surface area contributed by atoms with Crippen molar-refractivity contribution in [3.8, 4) is 0 Å². The van der Waals surface area contributed by atoms with Gasteiger partial charge in [0.1, 0.15) is 0 Å². The van der Waals surface area contributed by atoms with E-state index in [0.717, 1.165) is 10.4 Å². The zero-order valence-electron chi connectivity index (χ0n) is 15.3. The Morgan fingerprint density at radius 3 is 2.03 bits per heavy atom. The lowest BCUT2D eigenvalue weighted by atomic mass is 10.1. The van der Waals surface area contributed by atoms with Crippen molar-refractivity contribution in [1.82, 2.24) is 0 Å². The van der Waals surface area contributed by atoms with Crippen LogP contribution in [-0.2, 0) is 22.4 Å². The van der Waals surface area contributed by atoms with E-state index in [2.05, 4.69) is 0 Å². The van der Waals surface area contributed by atoms with Gasteiger partial charge in [-0.1, -0.05) is 11.6 Å². The zero-order valence-corrected chi connectivity index (χ0v) is 16.9. The van der Waals surface area contributed by atoms with Gasteiger partial charge in [-0.3, -0.25) is 9.10 Å². The van der Waals surface area contributed by atoms with E-state index in [4.69, 9.17) is 11.6 Å². The van der Waals surface area contributed by atoms with Crippen LogP contribution in [0.2, 0.25) is 5.02 Å². The fraction of sp³-hybridized carbons (Fsp3) is 0.278. The fourth-order valence-corrected chi connectivity index (χ4v) is 4.76. The molecule has 1 saturated heterocycles. The summed E-state index contributed by atoms with van der Waals surface area (Å²) in [4.78, 5) is 12.6. The number of amides is 1. The van der Waals surface area contributed by atoms with Crippen LogP contribution in [0, 0.1) is 0 Å². The lowest BCUT2D eigenvalue weighted by molar-refractivity contribution is -0.143. The molecule has 13 heteroatoms. The van der Waals surface area contributed by atoms with E-state index in [-0.39, 0.29) is 34.6 Å². The van der Waals surface area contributed by atoms with Crippen LogP contribution in [0.25, 0.3) is 0 Å². The molecular weight excluding hydrogens is 474 g/mol. The third-order valence-electron chi connectivity index (χ3n) is 4.43. The minimum Gasteiger partial charge on any atom is -0.322 e. The highest BCUT2D eigenvalue weighted by atomic mass is 35.5. The van der Waals surface area contributed by atoms with Gasteiger partial charge < -0.3 is 5.32 Å². The van der Waals surface area contributed by atoms with Gasteiger partial charge in [0, 0.05) is 12.2 Å². The first-order valence-electron chi connectivity index (χ1n) is 8.59. The smallest absolute Gasteiger partial charge is 0.322 e. The second-order valence-corrected chi connectivity index (χ2v) is 9.07. The molecule has 168 valence electrons. The maximum atomic E-state index is 13.0. The Labute approximate surface area is 177 Å². The Morgan fingerprint density at radius 1 is 0.968 bits per heavy atom. The predicted molar refractivity (Wildman–Crippen MR) is 102 cm³/mol. The Morgan fingerprint density at radius 2 is 1.55 bits per heavy atom. The fourth-order valence-electron chi connectivity index (χ4n) is 3.00. The van der Waals surface area contributed by atoms with Crippen molar-refractivity contribution in [3.63, 3.8) is 0 Å². The number of hydrogen-bond acceptors (Lipinski definition) is 3. The topological polar surface area (TPSA) is 66.5 Å². The molecule has 1 N–H and O–H groups in total. The number of rotatable bonds is 3. The SMILES string of the molecule is O=C(Nc1cc(C(F)(F)F)cc(C(F)(F)F)c1)c1cc(N2CCCS2(=O)=O)ccc1Cl. The molecule has 2 aromatic rings. The third kappa shape index (κ3) is 5.06. The molecule has 1 amide bonds. The highest BCUT2D eigenvalue weighted by molar-refractivity contribution is 7.93. The number of anilines is 2.